The van der Waals surface area contributed by atoms with E-state index in [-0.39, 0.29) is 0 Å². The Labute approximate surface area is 104 Å². The molecule has 0 saturated carbocycles. The Morgan fingerprint density at radius 2 is 2.41 bits per heavy atom. The zero-order valence-electron chi connectivity index (χ0n) is 11.0. The van der Waals surface area contributed by atoms with Gasteiger partial charge in [0, 0.05) is 32.8 Å². The van der Waals surface area contributed by atoms with Crippen LogP contribution in [0.25, 0.3) is 0 Å². The van der Waals surface area contributed by atoms with Gasteiger partial charge in [-0.1, -0.05) is 6.92 Å². The third-order valence-corrected chi connectivity index (χ3v) is 3.51. The van der Waals surface area contributed by atoms with Crippen LogP contribution in [0.15, 0.2) is 12.3 Å². The molecule has 2 rings (SSSR count). The lowest BCUT2D eigenvalue weighted by Gasteiger charge is -2.15. The SMILES string of the molecule is CCNCC1CCN(CCc2ccn(C)n2)C1. The minimum absolute atomic E-state index is 0.846. The summed E-state index contributed by atoms with van der Waals surface area (Å²) in [7, 11) is 1.98. The van der Waals surface area contributed by atoms with E-state index in [9.17, 15) is 0 Å². The largest absolute Gasteiger partial charge is 0.317 e. The molecule has 1 saturated heterocycles. The number of aromatic nitrogens is 2. The number of rotatable bonds is 6. The maximum Gasteiger partial charge on any atom is 0.0637 e. The number of hydrogen-bond acceptors (Lipinski definition) is 3. The number of hydrogen-bond donors (Lipinski definition) is 1. The maximum absolute atomic E-state index is 4.42. The molecule has 1 fully saturated rings. The molecule has 0 amide bonds. The summed E-state index contributed by atoms with van der Waals surface area (Å²) < 4.78 is 1.88. The summed E-state index contributed by atoms with van der Waals surface area (Å²) in [6.45, 7) is 8.09. The van der Waals surface area contributed by atoms with Crippen LogP contribution in [-0.2, 0) is 13.5 Å². The first-order valence-electron chi connectivity index (χ1n) is 6.69. The summed E-state index contributed by atoms with van der Waals surface area (Å²) in [5.74, 6) is 0.846. The van der Waals surface area contributed by atoms with Crippen molar-refractivity contribution >= 4 is 0 Å². The standard InChI is InChI=1S/C13H24N4/c1-3-14-10-12-4-8-17(11-12)9-6-13-5-7-16(2)15-13/h5,7,12,14H,3-4,6,8-11H2,1-2H3. The molecule has 0 spiro atoms. The molecule has 96 valence electrons. The summed E-state index contributed by atoms with van der Waals surface area (Å²) in [6.07, 6.45) is 4.44. The summed E-state index contributed by atoms with van der Waals surface area (Å²) in [5, 5.41) is 7.86. The molecule has 0 bridgehead atoms. The molecule has 0 aromatic carbocycles. The van der Waals surface area contributed by atoms with Gasteiger partial charge in [0.05, 0.1) is 5.69 Å². The van der Waals surface area contributed by atoms with Crippen LogP contribution in [-0.4, -0.2) is 47.4 Å². The van der Waals surface area contributed by atoms with Crippen molar-refractivity contribution < 1.29 is 0 Å². The lowest BCUT2D eigenvalue weighted by Crippen LogP contribution is -2.27. The first-order chi connectivity index (χ1) is 8.28. The van der Waals surface area contributed by atoms with Crippen molar-refractivity contribution in [2.24, 2.45) is 13.0 Å². The van der Waals surface area contributed by atoms with Crippen molar-refractivity contribution in [3.63, 3.8) is 0 Å². The minimum Gasteiger partial charge on any atom is -0.317 e. The van der Waals surface area contributed by atoms with Crippen LogP contribution >= 0.6 is 0 Å². The van der Waals surface area contributed by atoms with Crippen molar-refractivity contribution in [3.8, 4) is 0 Å². The Bertz CT molecular complexity index is 334. The summed E-state index contributed by atoms with van der Waals surface area (Å²) in [5.41, 5.74) is 1.21. The number of likely N-dealkylation sites (tertiary alicyclic amines) is 1. The Hall–Kier alpha value is -0.870. The van der Waals surface area contributed by atoms with Crippen LogP contribution in [0.4, 0.5) is 0 Å². The molecule has 1 aliphatic heterocycles. The Kier molecular flexibility index (Phi) is 4.57. The van der Waals surface area contributed by atoms with Gasteiger partial charge < -0.3 is 10.2 Å². The lowest BCUT2D eigenvalue weighted by atomic mass is 10.1. The van der Waals surface area contributed by atoms with Gasteiger partial charge in [0.2, 0.25) is 0 Å². The van der Waals surface area contributed by atoms with Gasteiger partial charge in [-0.25, -0.2) is 0 Å². The fraction of sp³-hybridized carbons (Fsp3) is 0.769. The van der Waals surface area contributed by atoms with E-state index in [0.29, 0.717) is 0 Å². The van der Waals surface area contributed by atoms with Gasteiger partial charge in [0.1, 0.15) is 0 Å². The summed E-state index contributed by atoms with van der Waals surface area (Å²) >= 11 is 0. The molecule has 1 aromatic rings. The van der Waals surface area contributed by atoms with Crippen molar-refractivity contribution in [1.82, 2.24) is 20.0 Å². The minimum atomic E-state index is 0.846. The average Bonchev–Trinajstić information content (AvgIpc) is 2.93. The molecule has 2 heterocycles. The van der Waals surface area contributed by atoms with Crippen LogP contribution in [0.3, 0.4) is 0 Å². The quantitative estimate of drug-likeness (QED) is 0.796. The van der Waals surface area contributed by atoms with E-state index >= 15 is 0 Å². The predicted molar refractivity (Wildman–Crippen MR) is 70.0 cm³/mol. The van der Waals surface area contributed by atoms with Crippen LogP contribution in [0.2, 0.25) is 0 Å². The van der Waals surface area contributed by atoms with Gasteiger partial charge >= 0.3 is 0 Å². The van der Waals surface area contributed by atoms with Crippen LogP contribution < -0.4 is 5.32 Å². The molecule has 4 nitrogen and oxygen atoms in total. The zero-order chi connectivity index (χ0) is 12.1. The molecular weight excluding hydrogens is 212 g/mol. The van der Waals surface area contributed by atoms with Gasteiger partial charge in [-0.05, 0) is 38.0 Å². The van der Waals surface area contributed by atoms with E-state index in [1.807, 2.05) is 17.9 Å². The van der Waals surface area contributed by atoms with Crippen molar-refractivity contribution in [2.75, 3.05) is 32.7 Å². The second-order valence-corrected chi connectivity index (χ2v) is 4.99. The fourth-order valence-corrected chi connectivity index (χ4v) is 2.50. The van der Waals surface area contributed by atoms with E-state index in [1.54, 1.807) is 0 Å². The van der Waals surface area contributed by atoms with Gasteiger partial charge in [0.25, 0.3) is 0 Å². The molecule has 4 heteroatoms. The number of nitrogens with zero attached hydrogens (tertiary/aromatic N) is 3. The fourth-order valence-electron chi connectivity index (χ4n) is 2.50. The molecule has 17 heavy (non-hydrogen) atoms. The average molecular weight is 236 g/mol. The summed E-state index contributed by atoms with van der Waals surface area (Å²) in [4.78, 5) is 2.57. The van der Waals surface area contributed by atoms with E-state index < -0.39 is 0 Å². The van der Waals surface area contributed by atoms with E-state index in [1.165, 1.54) is 31.7 Å². The van der Waals surface area contributed by atoms with E-state index in [4.69, 9.17) is 0 Å². The topological polar surface area (TPSA) is 33.1 Å². The van der Waals surface area contributed by atoms with Crippen molar-refractivity contribution in [3.05, 3.63) is 18.0 Å². The summed E-state index contributed by atoms with van der Waals surface area (Å²) in [6, 6.07) is 2.12. The smallest absolute Gasteiger partial charge is 0.0637 e. The van der Waals surface area contributed by atoms with Gasteiger partial charge in [-0.2, -0.15) is 5.10 Å². The predicted octanol–water partition coefficient (Wildman–Crippen LogP) is 0.894. The molecule has 0 aliphatic carbocycles. The first-order valence-corrected chi connectivity index (χ1v) is 6.69. The van der Waals surface area contributed by atoms with Gasteiger partial charge in [-0.3, -0.25) is 4.68 Å². The highest BCUT2D eigenvalue weighted by molar-refractivity contribution is 4.99. The highest BCUT2D eigenvalue weighted by atomic mass is 15.2. The van der Waals surface area contributed by atoms with E-state index in [0.717, 1.165) is 25.4 Å². The van der Waals surface area contributed by atoms with Gasteiger partial charge in [0.15, 0.2) is 0 Å². The van der Waals surface area contributed by atoms with E-state index in [2.05, 4.69) is 28.3 Å². The number of aryl methyl sites for hydroxylation is 1. The monoisotopic (exact) mass is 236 g/mol. The number of nitrogens with one attached hydrogen (secondary N) is 1. The highest BCUT2D eigenvalue weighted by Crippen LogP contribution is 2.15. The Morgan fingerprint density at radius 3 is 3.12 bits per heavy atom. The molecule has 1 N–H and O–H groups in total. The molecule has 1 atom stereocenters. The normalized spacial score (nSPS) is 21.2. The van der Waals surface area contributed by atoms with Crippen LogP contribution in [0, 0.1) is 5.92 Å². The molecule has 0 radical (unpaired) electrons. The zero-order valence-corrected chi connectivity index (χ0v) is 11.0. The Morgan fingerprint density at radius 1 is 1.53 bits per heavy atom. The first kappa shape index (κ1) is 12.6. The van der Waals surface area contributed by atoms with Gasteiger partial charge in [-0.15, -0.1) is 0 Å². The third-order valence-electron chi connectivity index (χ3n) is 3.51. The van der Waals surface area contributed by atoms with Crippen LogP contribution in [0.5, 0.6) is 0 Å². The van der Waals surface area contributed by atoms with Crippen LogP contribution in [0.1, 0.15) is 19.0 Å². The Balaban J connectivity index is 1.67. The molecule has 1 unspecified atom stereocenters. The molecular formula is C13H24N4. The second kappa shape index (κ2) is 6.17. The van der Waals surface area contributed by atoms with Crippen molar-refractivity contribution in [2.45, 2.75) is 19.8 Å². The maximum atomic E-state index is 4.42. The third kappa shape index (κ3) is 3.82. The van der Waals surface area contributed by atoms with Crippen molar-refractivity contribution in [1.29, 1.82) is 0 Å². The lowest BCUT2D eigenvalue weighted by molar-refractivity contribution is 0.325. The molecule has 1 aromatic heterocycles. The highest BCUT2D eigenvalue weighted by Gasteiger charge is 2.21. The second-order valence-electron chi connectivity index (χ2n) is 4.99. The molecule has 1 aliphatic rings.